The van der Waals surface area contributed by atoms with Crippen LogP contribution in [-0.2, 0) is 9.84 Å². The van der Waals surface area contributed by atoms with Gasteiger partial charge in [-0.25, -0.2) is 8.42 Å². The SMILES string of the molecule is COc1ccc(OC)c([C@H](C)NC(=O)c2ccc(S(=O)(=O)C(F)F)cc2)c1. The average molecular weight is 399 g/mol. The topological polar surface area (TPSA) is 81.7 Å². The van der Waals surface area contributed by atoms with E-state index < -0.39 is 32.4 Å². The molecule has 2 rings (SSSR count). The molecule has 0 unspecified atom stereocenters. The summed E-state index contributed by atoms with van der Waals surface area (Å²) in [6.07, 6.45) is 0. The Morgan fingerprint density at radius 3 is 2.19 bits per heavy atom. The van der Waals surface area contributed by atoms with Crippen molar-refractivity contribution in [2.45, 2.75) is 23.6 Å². The van der Waals surface area contributed by atoms with Gasteiger partial charge in [0.05, 0.1) is 25.2 Å². The number of ether oxygens (including phenoxy) is 2. The van der Waals surface area contributed by atoms with Crippen molar-refractivity contribution in [2.24, 2.45) is 0 Å². The predicted molar refractivity (Wildman–Crippen MR) is 95.1 cm³/mol. The highest BCUT2D eigenvalue weighted by atomic mass is 32.2. The van der Waals surface area contributed by atoms with Crippen LogP contribution < -0.4 is 14.8 Å². The van der Waals surface area contributed by atoms with Crippen molar-refractivity contribution in [3.63, 3.8) is 0 Å². The lowest BCUT2D eigenvalue weighted by Crippen LogP contribution is -2.27. The maximum Gasteiger partial charge on any atom is 0.341 e. The number of hydrogen-bond acceptors (Lipinski definition) is 5. The van der Waals surface area contributed by atoms with Gasteiger partial charge in [-0.2, -0.15) is 8.78 Å². The van der Waals surface area contributed by atoms with E-state index in [9.17, 15) is 22.0 Å². The van der Waals surface area contributed by atoms with Crippen molar-refractivity contribution >= 4 is 15.7 Å². The van der Waals surface area contributed by atoms with E-state index >= 15 is 0 Å². The molecule has 0 aliphatic rings. The maximum absolute atomic E-state index is 12.6. The van der Waals surface area contributed by atoms with Gasteiger partial charge < -0.3 is 14.8 Å². The number of hydrogen-bond donors (Lipinski definition) is 1. The molecule has 0 aliphatic carbocycles. The van der Waals surface area contributed by atoms with Gasteiger partial charge >= 0.3 is 5.76 Å². The maximum atomic E-state index is 12.6. The minimum Gasteiger partial charge on any atom is -0.497 e. The van der Waals surface area contributed by atoms with Gasteiger partial charge in [0.1, 0.15) is 11.5 Å². The first kappa shape index (κ1) is 20.6. The standard InChI is InChI=1S/C18H19F2NO5S/c1-11(15-10-13(25-2)6-9-16(15)26-3)21-17(22)12-4-7-14(8-5-12)27(23,24)18(19)20/h4-11,18H,1-3H3,(H,21,22)/t11-/m0/s1. The number of rotatable bonds is 7. The fourth-order valence-corrected chi connectivity index (χ4v) is 3.16. The van der Waals surface area contributed by atoms with Gasteiger partial charge in [-0.1, -0.05) is 0 Å². The van der Waals surface area contributed by atoms with Crippen molar-refractivity contribution in [3.8, 4) is 11.5 Å². The Labute approximate surface area is 156 Å². The smallest absolute Gasteiger partial charge is 0.341 e. The molecule has 0 saturated carbocycles. The highest BCUT2D eigenvalue weighted by Crippen LogP contribution is 2.29. The molecular weight excluding hydrogens is 380 g/mol. The molecule has 9 heteroatoms. The van der Waals surface area contributed by atoms with E-state index in [0.29, 0.717) is 17.1 Å². The molecule has 2 aromatic carbocycles. The van der Waals surface area contributed by atoms with Gasteiger partial charge in [0, 0.05) is 11.1 Å². The zero-order valence-corrected chi connectivity index (χ0v) is 15.7. The van der Waals surface area contributed by atoms with Crippen molar-refractivity contribution in [1.82, 2.24) is 5.32 Å². The van der Waals surface area contributed by atoms with Crippen LogP contribution in [-0.4, -0.2) is 34.3 Å². The van der Waals surface area contributed by atoms with E-state index in [4.69, 9.17) is 9.47 Å². The molecule has 1 N–H and O–H groups in total. The Balaban J connectivity index is 2.20. The van der Waals surface area contributed by atoms with Crippen LogP contribution in [0.25, 0.3) is 0 Å². The highest BCUT2D eigenvalue weighted by molar-refractivity contribution is 7.91. The molecule has 6 nitrogen and oxygen atoms in total. The number of halogens is 2. The number of methoxy groups -OCH3 is 2. The number of carbonyl (C=O) groups excluding carboxylic acids is 1. The van der Waals surface area contributed by atoms with Crippen molar-refractivity contribution in [2.75, 3.05) is 14.2 Å². The third kappa shape index (κ3) is 4.54. The van der Waals surface area contributed by atoms with Crippen LogP contribution in [0.2, 0.25) is 0 Å². The monoisotopic (exact) mass is 399 g/mol. The Morgan fingerprint density at radius 2 is 1.67 bits per heavy atom. The average Bonchev–Trinajstić information content (AvgIpc) is 2.67. The number of carbonyl (C=O) groups is 1. The third-order valence-electron chi connectivity index (χ3n) is 3.93. The van der Waals surface area contributed by atoms with Crippen molar-refractivity contribution < 1.29 is 31.5 Å². The predicted octanol–water partition coefficient (Wildman–Crippen LogP) is 3.19. The second-order valence-corrected chi connectivity index (χ2v) is 7.55. The van der Waals surface area contributed by atoms with E-state index in [0.717, 1.165) is 12.1 Å². The van der Waals surface area contributed by atoms with E-state index in [1.165, 1.54) is 26.4 Å². The van der Waals surface area contributed by atoms with Crippen molar-refractivity contribution in [3.05, 3.63) is 53.6 Å². The number of amides is 1. The Bertz CT molecular complexity index is 914. The highest BCUT2D eigenvalue weighted by Gasteiger charge is 2.26. The quantitative estimate of drug-likeness (QED) is 0.773. The molecule has 0 bridgehead atoms. The van der Waals surface area contributed by atoms with E-state index in [2.05, 4.69) is 5.32 Å². The zero-order valence-electron chi connectivity index (χ0n) is 14.9. The molecule has 0 aromatic heterocycles. The van der Waals surface area contributed by atoms with Gasteiger partial charge in [-0.15, -0.1) is 0 Å². The van der Waals surface area contributed by atoms with E-state index in [1.54, 1.807) is 25.1 Å². The number of alkyl halides is 2. The normalized spacial score (nSPS) is 12.5. The molecule has 0 fully saturated rings. The van der Waals surface area contributed by atoms with E-state index in [-0.39, 0.29) is 5.56 Å². The van der Waals surface area contributed by atoms with Crippen LogP contribution >= 0.6 is 0 Å². The summed E-state index contributed by atoms with van der Waals surface area (Å²) in [5, 5.41) is 2.75. The number of benzene rings is 2. The van der Waals surface area contributed by atoms with Gasteiger partial charge in [0.25, 0.3) is 5.91 Å². The Morgan fingerprint density at radius 1 is 1.04 bits per heavy atom. The summed E-state index contributed by atoms with van der Waals surface area (Å²) < 4.78 is 58.4. The van der Waals surface area contributed by atoms with Gasteiger partial charge in [-0.05, 0) is 49.4 Å². The molecule has 146 valence electrons. The lowest BCUT2D eigenvalue weighted by Gasteiger charge is -2.18. The van der Waals surface area contributed by atoms with Gasteiger partial charge in [0.15, 0.2) is 0 Å². The second kappa shape index (κ2) is 8.34. The third-order valence-corrected chi connectivity index (χ3v) is 5.33. The Kier molecular flexibility index (Phi) is 6.37. The molecule has 1 amide bonds. The minimum absolute atomic E-state index is 0.136. The summed E-state index contributed by atoms with van der Waals surface area (Å²) in [4.78, 5) is 11.9. The summed E-state index contributed by atoms with van der Waals surface area (Å²) in [6.45, 7) is 1.74. The first-order valence-corrected chi connectivity index (χ1v) is 9.40. The van der Waals surface area contributed by atoms with Crippen LogP contribution in [0.3, 0.4) is 0 Å². The fraction of sp³-hybridized carbons (Fsp3) is 0.278. The summed E-state index contributed by atoms with van der Waals surface area (Å²) in [5.74, 6) is -2.86. The molecular formula is C18H19F2NO5S. The lowest BCUT2D eigenvalue weighted by molar-refractivity contribution is 0.0939. The van der Waals surface area contributed by atoms with Gasteiger partial charge in [-0.3, -0.25) is 4.79 Å². The summed E-state index contributed by atoms with van der Waals surface area (Å²) in [7, 11) is -1.68. The zero-order chi connectivity index (χ0) is 20.2. The molecule has 0 aliphatic heterocycles. The first-order valence-electron chi connectivity index (χ1n) is 7.85. The van der Waals surface area contributed by atoms with Gasteiger partial charge in [0.2, 0.25) is 9.84 Å². The molecule has 0 saturated heterocycles. The minimum atomic E-state index is -4.70. The van der Waals surface area contributed by atoms with E-state index in [1.807, 2.05) is 0 Å². The summed E-state index contributed by atoms with van der Waals surface area (Å²) in [5.41, 5.74) is 0.819. The molecule has 2 aromatic rings. The molecule has 0 radical (unpaired) electrons. The van der Waals surface area contributed by atoms with Crippen LogP contribution in [0.4, 0.5) is 8.78 Å². The second-order valence-electron chi connectivity index (χ2n) is 5.63. The molecule has 1 atom stereocenters. The molecule has 0 spiro atoms. The van der Waals surface area contributed by atoms with Crippen LogP contribution in [0.15, 0.2) is 47.4 Å². The van der Waals surface area contributed by atoms with Crippen molar-refractivity contribution in [1.29, 1.82) is 0 Å². The summed E-state index contributed by atoms with van der Waals surface area (Å²) >= 11 is 0. The van der Waals surface area contributed by atoms with Crippen LogP contribution in [0.1, 0.15) is 28.9 Å². The largest absolute Gasteiger partial charge is 0.497 e. The van der Waals surface area contributed by atoms with Crippen LogP contribution in [0, 0.1) is 0 Å². The number of sulfone groups is 1. The first-order chi connectivity index (χ1) is 12.7. The lowest BCUT2D eigenvalue weighted by atomic mass is 10.1. The fourth-order valence-electron chi connectivity index (χ4n) is 2.43. The molecule has 0 heterocycles. The van der Waals surface area contributed by atoms with Crippen LogP contribution in [0.5, 0.6) is 11.5 Å². The summed E-state index contributed by atoms with van der Waals surface area (Å²) in [6, 6.07) is 9.02. The number of nitrogens with one attached hydrogen (secondary N) is 1. The molecule has 27 heavy (non-hydrogen) atoms. The Hall–Kier alpha value is -2.68.